The summed E-state index contributed by atoms with van der Waals surface area (Å²) in [6, 6.07) is 5.46. The van der Waals surface area contributed by atoms with Crippen molar-refractivity contribution in [2.75, 3.05) is 20.3 Å². The number of unbranched alkanes of at least 4 members (excludes halogenated alkanes) is 2. The van der Waals surface area contributed by atoms with Crippen LogP contribution in [-0.2, 0) is 0 Å². The summed E-state index contributed by atoms with van der Waals surface area (Å²) in [6.45, 7) is 0.591. The van der Waals surface area contributed by atoms with Crippen LogP contribution in [0.15, 0.2) is 24.5 Å². The summed E-state index contributed by atoms with van der Waals surface area (Å²) in [7, 11) is 1.52. The summed E-state index contributed by atoms with van der Waals surface area (Å²) in [5, 5.41) is 19.0. The number of methoxy groups -OCH3 is 1. The Morgan fingerprint density at radius 3 is 2.59 bits per heavy atom. The predicted molar refractivity (Wildman–Crippen MR) is 105 cm³/mol. The van der Waals surface area contributed by atoms with Gasteiger partial charge in [0, 0.05) is 24.6 Å². The van der Waals surface area contributed by atoms with Gasteiger partial charge in [-0.3, -0.25) is 4.98 Å². The first-order chi connectivity index (χ1) is 13.1. The van der Waals surface area contributed by atoms with Gasteiger partial charge in [0.2, 0.25) is 0 Å². The van der Waals surface area contributed by atoms with E-state index in [4.69, 9.17) is 37.8 Å². The molecule has 0 fully saturated rings. The molecule has 0 aromatic carbocycles. The molecule has 0 atom stereocenters. The third-order valence-electron chi connectivity index (χ3n) is 3.66. The summed E-state index contributed by atoms with van der Waals surface area (Å²) in [5.41, 5.74) is 1.18. The van der Waals surface area contributed by atoms with Gasteiger partial charge in [-0.2, -0.15) is 5.26 Å². The van der Waals surface area contributed by atoms with E-state index in [0.717, 1.165) is 19.3 Å². The molecule has 6 nitrogen and oxygen atoms in total. The van der Waals surface area contributed by atoms with E-state index in [9.17, 15) is 5.26 Å². The van der Waals surface area contributed by atoms with Crippen molar-refractivity contribution >= 4 is 34.9 Å². The highest BCUT2D eigenvalue weighted by molar-refractivity contribution is 6.37. The zero-order valence-corrected chi connectivity index (χ0v) is 16.3. The quantitative estimate of drug-likeness (QED) is 0.489. The zero-order chi connectivity index (χ0) is 19.6. The number of nitrogens with zero attached hydrogens (tertiary/aromatic N) is 3. The maximum Gasteiger partial charge on any atom is 0.257 e. The smallest absolute Gasteiger partial charge is 0.257 e. The zero-order valence-electron chi connectivity index (χ0n) is 14.8. The molecule has 0 bridgehead atoms. The Balaban J connectivity index is 2.29. The monoisotopic (exact) mass is 407 g/mol. The highest BCUT2D eigenvalue weighted by Crippen LogP contribution is 2.30. The largest absolute Gasteiger partial charge is 0.491 e. The van der Waals surface area contributed by atoms with Crippen LogP contribution in [0, 0.1) is 11.3 Å². The van der Waals surface area contributed by atoms with Crippen molar-refractivity contribution in [3.8, 4) is 17.7 Å². The first-order valence-corrected chi connectivity index (χ1v) is 9.06. The van der Waals surface area contributed by atoms with Gasteiger partial charge < -0.3 is 14.6 Å². The van der Waals surface area contributed by atoms with Crippen LogP contribution >= 0.6 is 23.2 Å². The Morgan fingerprint density at radius 1 is 1.22 bits per heavy atom. The van der Waals surface area contributed by atoms with Crippen LogP contribution < -0.4 is 9.47 Å². The summed E-state index contributed by atoms with van der Waals surface area (Å²) in [6.07, 6.45) is 6.82. The average Bonchev–Trinajstić information content (AvgIpc) is 2.67. The summed E-state index contributed by atoms with van der Waals surface area (Å²) in [5.74, 6) is 0.769. The molecule has 2 aromatic rings. The normalized spacial score (nSPS) is 11.1. The number of aliphatic hydroxyl groups is 1. The van der Waals surface area contributed by atoms with Gasteiger partial charge in [-0.15, -0.1) is 0 Å². The molecule has 0 saturated heterocycles. The lowest BCUT2D eigenvalue weighted by atomic mass is 10.1. The van der Waals surface area contributed by atoms with Gasteiger partial charge in [0.1, 0.15) is 6.07 Å². The molecule has 0 aliphatic heterocycles. The third-order valence-corrected chi connectivity index (χ3v) is 4.26. The standard InChI is InChI=1S/C19H19Cl2N3O3/c1-26-18-6-5-17(24-19(18)27-8-4-2-3-7-25)13(10-22)9-14-15(20)11-23-12-16(14)21/h5-6,9,11-12,25H,2-4,7-8H2,1H3. The van der Waals surface area contributed by atoms with Crippen molar-refractivity contribution in [3.63, 3.8) is 0 Å². The topological polar surface area (TPSA) is 88.3 Å². The third kappa shape index (κ3) is 5.83. The van der Waals surface area contributed by atoms with Crippen molar-refractivity contribution in [2.24, 2.45) is 0 Å². The van der Waals surface area contributed by atoms with Gasteiger partial charge >= 0.3 is 0 Å². The average molecular weight is 408 g/mol. The highest BCUT2D eigenvalue weighted by atomic mass is 35.5. The maximum absolute atomic E-state index is 9.56. The fourth-order valence-electron chi connectivity index (χ4n) is 2.26. The molecule has 0 amide bonds. The molecule has 1 N–H and O–H groups in total. The van der Waals surface area contributed by atoms with E-state index in [-0.39, 0.29) is 12.2 Å². The number of halogens is 2. The molecule has 0 spiro atoms. The molecule has 2 rings (SSSR count). The van der Waals surface area contributed by atoms with Crippen LogP contribution in [-0.4, -0.2) is 35.4 Å². The number of rotatable bonds is 9. The van der Waals surface area contributed by atoms with E-state index in [0.29, 0.717) is 39.5 Å². The van der Waals surface area contributed by atoms with E-state index in [1.807, 2.05) is 0 Å². The van der Waals surface area contributed by atoms with Gasteiger partial charge in [-0.25, -0.2) is 4.98 Å². The predicted octanol–water partition coefficient (Wildman–Crippen LogP) is 4.40. The van der Waals surface area contributed by atoms with E-state index in [1.54, 1.807) is 18.2 Å². The van der Waals surface area contributed by atoms with E-state index in [2.05, 4.69) is 16.0 Å². The lowest BCUT2D eigenvalue weighted by Crippen LogP contribution is -2.03. The maximum atomic E-state index is 9.56. The van der Waals surface area contributed by atoms with E-state index < -0.39 is 0 Å². The molecule has 27 heavy (non-hydrogen) atoms. The molecule has 8 heteroatoms. The molecule has 0 unspecified atom stereocenters. The summed E-state index contributed by atoms with van der Waals surface area (Å²) >= 11 is 12.2. The Hall–Kier alpha value is -2.33. The molecule has 2 heterocycles. The lowest BCUT2D eigenvalue weighted by Gasteiger charge is -2.11. The van der Waals surface area contributed by atoms with Gasteiger partial charge in [0.15, 0.2) is 5.75 Å². The minimum Gasteiger partial charge on any atom is -0.491 e. The van der Waals surface area contributed by atoms with E-state index >= 15 is 0 Å². The first kappa shape index (κ1) is 21.0. The Kier molecular flexibility index (Phi) is 8.34. The first-order valence-electron chi connectivity index (χ1n) is 8.30. The highest BCUT2D eigenvalue weighted by Gasteiger charge is 2.13. The number of nitriles is 1. The minimum atomic E-state index is 0.160. The minimum absolute atomic E-state index is 0.160. The molecule has 0 aliphatic rings. The van der Waals surface area contributed by atoms with Crippen molar-refractivity contribution in [1.82, 2.24) is 9.97 Å². The number of aliphatic hydroxyl groups excluding tert-OH is 1. The summed E-state index contributed by atoms with van der Waals surface area (Å²) in [4.78, 5) is 8.30. The molecular formula is C19H19Cl2N3O3. The second kappa shape index (κ2) is 10.7. The number of hydrogen-bond acceptors (Lipinski definition) is 6. The van der Waals surface area contributed by atoms with Crippen LogP contribution in [0.5, 0.6) is 11.6 Å². The van der Waals surface area contributed by atoms with Crippen LogP contribution in [0.4, 0.5) is 0 Å². The summed E-state index contributed by atoms with van der Waals surface area (Å²) < 4.78 is 11.0. The number of allylic oxidation sites excluding steroid dienone is 1. The van der Waals surface area contributed by atoms with Gasteiger partial charge in [0.25, 0.3) is 5.88 Å². The van der Waals surface area contributed by atoms with Gasteiger partial charge in [-0.1, -0.05) is 23.2 Å². The Bertz CT molecular complexity index is 830. The SMILES string of the molecule is COc1ccc(C(C#N)=Cc2c(Cl)cncc2Cl)nc1OCCCCCO. The Labute approximate surface area is 168 Å². The van der Waals surface area contributed by atoms with Gasteiger partial charge in [-0.05, 0) is 37.5 Å². The fourth-order valence-corrected chi connectivity index (χ4v) is 2.74. The Morgan fingerprint density at radius 2 is 1.96 bits per heavy atom. The molecular weight excluding hydrogens is 389 g/mol. The van der Waals surface area contributed by atoms with Crippen molar-refractivity contribution in [3.05, 3.63) is 45.8 Å². The molecule has 0 aliphatic carbocycles. The second-order valence-corrected chi connectivity index (χ2v) is 6.34. The van der Waals surface area contributed by atoms with E-state index in [1.165, 1.54) is 19.5 Å². The fraction of sp³-hybridized carbons (Fsp3) is 0.316. The van der Waals surface area contributed by atoms with Crippen LogP contribution in [0.3, 0.4) is 0 Å². The van der Waals surface area contributed by atoms with Gasteiger partial charge in [0.05, 0.1) is 35.0 Å². The van der Waals surface area contributed by atoms with Crippen LogP contribution in [0.25, 0.3) is 11.6 Å². The molecule has 0 radical (unpaired) electrons. The molecule has 142 valence electrons. The van der Waals surface area contributed by atoms with Crippen LogP contribution in [0.1, 0.15) is 30.5 Å². The van der Waals surface area contributed by atoms with Crippen molar-refractivity contribution < 1.29 is 14.6 Å². The van der Waals surface area contributed by atoms with Crippen LogP contribution in [0.2, 0.25) is 10.0 Å². The van der Waals surface area contributed by atoms with Crippen molar-refractivity contribution in [1.29, 1.82) is 5.26 Å². The number of ether oxygens (including phenoxy) is 2. The molecule has 0 saturated carbocycles. The van der Waals surface area contributed by atoms with Crippen molar-refractivity contribution in [2.45, 2.75) is 19.3 Å². The lowest BCUT2D eigenvalue weighted by molar-refractivity contribution is 0.255. The molecule has 2 aromatic heterocycles. The number of hydrogen-bond donors (Lipinski definition) is 1. The number of pyridine rings is 2. The number of aromatic nitrogens is 2. The second-order valence-electron chi connectivity index (χ2n) is 5.52.